The first kappa shape index (κ1) is 13.5. The number of carboxylic acid groups (broad SMARTS) is 1. The topological polar surface area (TPSA) is 95.5 Å². The Labute approximate surface area is 117 Å². The molecule has 0 bridgehead atoms. The fraction of sp³-hybridized carbons (Fsp3) is 0.250. The van der Waals surface area contributed by atoms with Crippen molar-refractivity contribution in [2.24, 2.45) is 0 Å². The number of carboxylic acids is 1. The highest BCUT2D eigenvalue weighted by Crippen LogP contribution is 2.20. The second-order valence-electron chi connectivity index (χ2n) is 4.18. The summed E-state index contributed by atoms with van der Waals surface area (Å²) in [6, 6.07) is 3.85. The molecule has 1 fully saturated rings. The number of halogens is 1. The molecule has 7 heteroatoms. The van der Waals surface area contributed by atoms with Gasteiger partial charge in [-0.25, -0.2) is 4.79 Å². The van der Waals surface area contributed by atoms with E-state index in [4.69, 9.17) is 5.11 Å². The van der Waals surface area contributed by atoms with Crippen molar-refractivity contribution in [3.05, 3.63) is 28.2 Å². The molecule has 1 aliphatic rings. The molecule has 1 atom stereocenters. The molecule has 0 aliphatic carbocycles. The number of nitrogens with one attached hydrogen (secondary N) is 2. The third-order valence-electron chi connectivity index (χ3n) is 2.72. The first-order valence-electron chi connectivity index (χ1n) is 5.60. The van der Waals surface area contributed by atoms with E-state index in [0.717, 1.165) is 0 Å². The van der Waals surface area contributed by atoms with Gasteiger partial charge >= 0.3 is 5.97 Å². The van der Waals surface area contributed by atoms with E-state index in [2.05, 4.69) is 26.6 Å². The van der Waals surface area contributed by atoms with Crippen LogP contribution in [0.25, 0.3) is 0 Å². The highest BCUT2D eigenvalue weighted by molar-refractivity contribution is 9.10. The van der Waals surface area contributed by atoms with E-state index in [-0.39, 0.29) is 17.4 Å². The van der Waals surface area contributed by atoms with Crippen molar-refractivity contribution in [2.75, 3.05) is 5.32 Å². The van der Waals surface area contributed by atoms with E-state index in [1.54, 1.807) is 6.07 Å². The lowest BCUT2D eigenvalue weighted by Gasteiger charge is -2.11. The SMILES string of the molecule is O=C1CC[C@H](C(=O)Nc2cc(Br)cc(C(=O)O)c2)N1. The van der Waals surface area contributed by atoms with Crippen LogP contribution in [0.15, 0.2) is 22.7 Å². The van der Waals surface area contributed by atoms with Gasteiger partial charge < -0.3 is 15.7 Å². The lowest BCUT2D eigenvalue weighted by molar-refractivity contribution is -0.122. The Morgan fingerprint density at radius 2 is 2.11 bits per heavy atom. The molecule has 1 saturated heterocycles. The average molecular weight is 327 g/mol. The summed E-state index contributed by atoms with van der Waals surface area (Å²) in [5.41, 5.74) is 0.443. The number of aromatic carboxylic acids is 1. The van der Waals surface area contributed by atoms with Crippen LogP contribution in [0.5, 0.6) is 0 Å². The van der Waals surface area contributed by atoms with Crippen LogP contribution in [0.2, 0.25) is 0 Å². The van der Waals surface area contributed by atoms with Gasteiger partial charge in [-0.1, -0.05) is 15.9 Å². The predicted octanol–water partition coefficient (Wildman–Crippen LogP) is 1.36. The summed E-state index contributed by atoms with van der Waals surface area (Å²) in [6.45, 7) is 0. The number of carbonyl (C=O) groups is 3. The Morgan fingerprint density at radius 1 is 1.37 bits per heavy atom. The molecule has 100 valence electrons. The summed E-state index contributed by atoms with van der Waals surface area (Å²) in [4.78, 5) is 33.8. The summed E-state index contributed by atoms with van der Waals surface area (Å²) >= 11 is 3.18. The van der Waals surface area contributed by atoms with Crippen LogP contribution in [-0.2, 0) is 9.59 Å². The van der Waals surface area contributed by atoms with Crippen molar-refractivity contribution in [1.82, 2.24) is 5.32 Å². The number of rotatable bonds is 3. The third-order valence-corrected chi connectivity index (χ3v) is 3.18. The van der Waals surface area contributed by atoms with Crippen molar-refractivity contribution >= 4 is 39.4 Å². The highest BCUT2D eigenvalue weighted by atomic mass is 79.9. The van der Waals surface area contributed by atoms with Gasteiger partial charge in [0.2, 0.25) is 11.8 Å². The summed E-state index contributed by atoms with van der Waals surface area (Å²) in [7, 11) is 0. The van der Waals surface area contributed by atoms with Gasteiger partial charge in [0.15, 0.2) is 0 Å². The largest absolute Gasteiger partial charge is 0.478 e. The lowest BCUT2D eigenvalue weighted by atomic mass is 10.2. The second-order valence-corrected chi connectivity index (χ2v) is 5.10. The van der Waals surface area contributed by atoms with E-state index in [9.17, 15) is 14.4 Å². The van der Waals surface area contributed by atoms with Gasteiger partial charge in [0, 0.05) is 16.6 Å². The zero-order valence-electron chi connectivity index (χ0n) is 9.77. The predicted molar refractivity (Wildman–Crippen MR) is 70.9 cm³/mol. The summed E-state index contributed by atoms with van der Waals surface area (Å²) in [5.74, 6) is -1.58. The van der Waals surface area contributed by atoms with Crippen LogP contribution in [0, 0.1) is 0 Å². The first-order chi connectivity index (χ1) is 8.95. The molecule has 2 amide bonds. The molecule has 19 heavy (non-hydrogen) atoms. The van der Waals surface area contributed by atoms with Crippen molar-refractivity contribution < 1.29 is 19.5 Å². The standard InChI is InChI=1S/C12H11BrN2O4/c13-7-3-6(12(18)19)4-8(5-7)14-11(17)9-1-2-10(16)15-9/h3-5,9H,1-2H2,(H,14,17)(H,15,16)(H,18,19)/t9-/m1/s1. The van der Waals surface area contributed by atoms with Crippen LogP contribution in [0.4, 0.5) is 5.69 Å². The molecule has 2 rings (SSSR count). The number of hydrogen-bond acceptors (Lipinski definition) is 3. The number of benzene rings is 1. The maximum absolute atomic E-state index is 11.9. The minimum absolute atomic E-state index is 0.0696. The Bertz CT molecular complexity index is 559. The zero-order chi connectivity index (χ0) is 14.0. The van der Waals surface area contributed by atoms with Crippen LogP contribution < -0.4 is 10.6 Å². The molecule has 1 heterocycles. The molecule has 1 aromatic carbocycles. The third kappa shape index (κ3) is 3.31. The lowest BCUT2D eigenvalue weighted by Crippen LogP contribution is -2.37. The summed E-state index contributed by atoms with van der Waals surface area (Å²) < 4.78 is 0.554. The van der Waals surface area contributed by atoms with Crippen molar-refractivity contribution in [2.45, 2.75) is 18.9 Å². The van der Waals surface area contributed by atoms with Crippen molar-refractivity contribution in [3.8, 4) is 0 Å². The highest BCUT2D eigenvalue weighted by Gasteiger charge is 2.27. The number of anilines is 1. The molecular formula is C12H11BrN2O4. The fourth-order valence-electron chi connectivity index (χ4n) is 1.83. The van der Waals surface area contributed by atoms with Gasteiger partial charge in [-0.3, -0.25) is 9.59 Å². The maximum Gasteiger partial charge on any atom is 0.335 e. The molecule has 0 unspecified atom stereocenters. The molecule has 1 aromatic rings. The van der Waals surface area contributed by atoms with Gasteiger partial charge in [0.05, 0.1) is 5.56 Å². The monoisotopic (exact) mass is 326 g/mol. The van der Waals surface area contributed by atoms with E-state index < -0.39 is 12.0 Å². The number of carbonyl (C=O) groups excluding carboxylic acids is 2. The molecular weight excluding hydrogens is 316 g/mol. The quantitative estimate of drug-likeness (QED) is 0.781. The minimum Gasteiger partial charge on any atom is -0.478 e. The van der Waals surface area contributed by atoms with Crippen LogP contribution >= 0.6 is 15.9 Å². The molecule has 3 N–H and O–H groups in total. The van der Waals surface area contributed by atoms with Gasteiger partial charge in [-0.15, -0.1) is 0 Å². The van der Waals surface area contributed by atoms with Gasteiger partial charge in [0.1, 0.15) is 6.04 Å². The van der Waals surface area contributed by atoms with Crippen molar-refractivity contribution in [3.63, 3.8) is 0 Å². The number of hydrogen-bond donors (Lipinski definition) is 3. The summed E-state index contributed by atoms with van der Waals surface area (Å²) in [6.07, 6.45) is 0.779. The fourth-order valence-corrected chi connectivity index (χ4v) is 2.32. The van der Waals surface area contributed by atoms with Gasteiger partial charge in [-0.2, -0.15) is 0 Å². The number of amides is 2. The molecule has 0 saturated carbocycles. The average Bonchev–Trinajstić information content (AvgIpc) is 2.75. The molecule has 6 nitrogen and oxygen atoms in total. The second kappa shape index (κ2) is 5.40. The van der Waals surface area contributed by atoms with E-state index in [0.29, 0.717) is 23.0 Å². The Hall–Kier alpha value is -1.89. The van der Waals surface area contributed by atoms with E-state index in [1.807, 2.05) is 0 Å². The Kier molecular flexibility index (Phi) is 3.84. The van der Waals surface area contributed by atoms with E-state index in [1.165, 1.54) is 12.1 Å². The Morgan fingerprint density at radius 3 is 2.68 bits per heavy atom. The first-order valence-corrected chi connectivity index (χ1v) is 6.39. The van der Waals surface area contributed by atoms with Gasteiger partial charge in [0.25, 0.3) is 0 Å². The van der Waals surface area contributed by atoms with Gasteiger partial charge in [-0.05, 0) is 24.6 Å². The summed E-state index contributed by atoms with van der Waals surface area (Å²) in [5, 5.41) is 14.1. The smallest absolute Gasteiger partial charge is 0.335 e. The molecule has 0 aromatic heterocycles. The Balaban J connectivity index is 2.12. The van der Waals surface area contributed by atoms with Crippen LogP contribution in [0.1, 0.15) is 23.2 Å². The van der Waals surface area contributed by atoms with E-state index >= 15 is 0 Å². The normalized spacial score (nSPS) is 17.9. The minimum atomic E-state index is -1.08. The van der Waals surface area contributed by atoms with Crippen LogP contribution in [-0.4, -0.2) is 28.9 Å². The zero-order valence-corrected chi connectivity index (χ0v) is 11.4. The van der Waals surface area contributed by atoms with Crippen molar-refractivity contribution in [1.29, 1.82) is 0 Å². The molecule has 0 radical (unpaired) electrons. The molecule has 1 aliphatic heterocycles. The maximum atomic E-state index is 11.9. The van der Waals surface area contributed by atoms with Crippen LogP contribution in [0.3, 0.4) is 0 Å². The molecule has 0 spiro atoms.